The highest BCUT2D eigenvalue weighted by Crippen LogP contribution is 2.40. The lowest BCUT2D eigenvalue weighted by Crippen LogP contribution is -2.26. The molecule has 254 valence electrons. The van der Waals surface area contributed by atoms with Crippen molar-refractivity contribution in [2.45, 2.75) is 32.0 Å². The second kappa shape index (κ2) is 17.4. The molecule has 0 aliphatic carbocycles. The second-order valence-electron chi connectivity index (χ2n) is 8.94. The lowest BCUT2D eigenvalue weighted by molar-refractivity contribution is -0.143. The van der Waals surface area contributed by atoms with E-state index in [9.17, 15) is 48.7 Å². The van der Waals surface area contributed by atoms with Crippen LogP contribution in [0.15, 0.2) is 54.6 Å². The summed E-state index contributed by atoms with van der Waals surface area (Å²) in [6.45, 7) is 1.76. The molecule has 0 fully saturated rings. The van der Waals surface area contributed by atoms with Crippen LogP contribution >= 0.6 is 0 Å². The van der Waals surface area contributed by atoms with Crippen molar-refractivity contribution >= 4 is 12.7 Å². The number of nitrogens with zero attached hydrogens (tertiary/aromatic N) is 1. The predicted molar refractivity (Wildman–Crippen MR) is 146 cm³/mol. The van der Waals surface area contributed by atoms with Gasteiger partial charge in [0.2, 0.25) is 6.41 Å². The largest absolute Gasteiger partial charge is 0.496 e. The quantitative estimate of drug-likeness (QED) is 0.170. The van der Waals surface area contributed by atoms with Crippen LogP contribution in [-0.2, 0) is 39.4 Å². The third kappa shape index (κ3) is 11.9. The minimum Gasteiger partial charge on any atom is -0.496 e. The van der Waals surface area contributed by atoms with Gasteiger partial charge in [-0.3, -0.25) is 4.79 Å². The summed E-state index contributed by atoms with van der Waals surface area (Å²) in [6.07, 6.45) is -12.8. The van der Waals surface area contributed by atoms with Crippen LogP contribution in [0, 0.1) is 5.82 Å². The fraction of sp³-hybridized carbons (Fsp3) is 0.333. The molecule has 3 rings (SSSR count). The summed E-state index contributed by atoms with van der Waals surface area (Å²) in [5, 5.41) is 0. The van der Waals surface area contributed by atoms with Crippen LogP contribution in [0.5, 0.6) is 11.5 Å². The number of aldehydes is 1. The molecule has 0 atom stereocenters. The Morgan fingerprint density at radius 2 is 1.20 bits per heavy atom. The number of alkyl halides is 9. The van der Waals surface area contributed by atoms with Crippen LogP contribution in [0.1, 0.15) is 29.2 Å². The number of hydrogen-bond donors (Lipinski definition) is 0. The van der Waals surface area contributed by atoms with Crippen molar-refractivity contribution in [3.8, 4) is 22.6 Å². The van der Waals surface area contributed by atoms with Gasteiger partial charge in [0.15, 0.2) is 11.6 Å². The third-order valence-electron chi connectivity index (χ3n) is 5.82. The minimum absolute atomic E-state index is 0.0833. The molecule has 0 aliphatic heterocycles. The third-order valence-corrected chi connectivity index (χ3v) is 5.82. The lowest BCUT2D eigenvalue weighted by Gasteiger charge is -2.21. The van der Waals surface area contributed by atoms with Crippen molar-refractivity contribution < 1.29 is 67.7 Å². The van der Waals surface area contributed by atoms with Gasteiger partial charge in [0.25, 0.3) is 0 Å². The van der Waals surface area contributed by atoms with Crippen molar-refractivity contribution in [3.63, 3.8) is 0 Å². The van der Waals surface area contributed by atoms with Gasteiger partial charge in [-0.05, 0) is 54.4 Å². The normalized spacial score (nSPS) is 11.3. The SMILES string of the molecule is CC=O.COCCN(C=O)Cc1cc(C(F)(F)F)ccc1-c1cc(OC)c(F)cc1OC.FC(F)(F)c1cccc(C(F)(F)F)c1. The lowest BCUT2D eigenvalue weighted by atomic mass is 9.95. The highest BCUT2D eigenvalue weighted by Gasteiger charge is 2.36. The van der Waals surface area contributed by atoms with Crippen molar-refractivity contribution in [3.05, 3.63) is 82.7 Å². The molecule has 0 bridgehead atoms. The molecule has 46 heavy (non-hydrogen) atoms. The maximum atomic E-state index is 14.0. The van der Waals surface area contributed by atoms with Gasteiger partial charge >= 0.3 is 18.5 Å². The fourth-order valence-electron chi connectivity index (χ4n) is 3.70. The average molecular weight is 674 g/mol. The van der Waals surface area contributed by atoms with Crippen LogP contribution in [0.2, 0.25) is 0 Å². The number of benzene rings is 3. The van der Waals surface area contributed by atoms with E-state index in [0.717, 1.165) is 30.6 Å². The van der Waals surface area contributed by atoms with Crippen molar-refractivity contribution in [1.29, 1.82) is 0 Å². The summed E-state index contributed by atoms with van der Waals surface area (Å²) >= 11 is 0. The van der Waals surface area contributed by atoms with Gasteiger partial charge in [-0.2, -0.15) is 39.5 Å². The number of rotatable bonds is 9. The zero-order valence-electron chi connectivity index (χ0n) is 24.7. The summed E-state index contributed by atoms with van der Waals surface area (Å²) in [5.74, 6) is -0.631. The second-order valence-corrected chi connectivity index (χ2v) is 8.94. The van der Waals surface area contributed by atoms with E-state index in [-0.39, 0.29) is 42.8 Å². The molecular weight excluding hydrogens is 644 g/mol. The zero-order chi connectivity index (χ0) is 35.3. The highest BCUT2D eigenvalue weighted by molar-refractivity contribution is 5.75. The van der Waals surface area contributed by atoms with Crippen LogP contribution in [0.3, 0.4) is 0 Å². The van der Waals surface area contributed by atoms with E-state index in [2.05, 4.69) is 0 Å². The maximum Gasteiger partial charge on any atom is 0.416 e. The van der Waals surface area contributed by atoms with Gasteiger partial charge in [0.1, 0.15) is 12.0 Å². The van der Waals surface area contributed by atoms with E-state index in [1.54, 1.807) is 0 Å². The Hall–Kier alpha value is -4.34. The Morgan fingerprint density at radius 3 is 1.63 bits per heavy atom. The molecule has 0 N–H and O–H groups in total. The molecule has 0 saturated heterocycles. The minimum atomic E-state index is -4.75. The van der Waals surface area contributed by atoms with Gasteiger partial charge in [0, 0.05) is 31.8 Å². The maximum absolute atomic E-state index is 14.0. The van der Waals surface area contributed by atoms with Crippen LogP contribution in [-0.4, -0.2) is 52.1 Å². The van der Waals surface area contributed by atoms with Gasteiger partial charge < -0.3 is 23.9 Å². The molecule has 3 aromatic carbocycles. The van der Waals surface area contributed by atoms with E-state index < -0.39 is 41.0 Å². The first-order valence-corrected chi connectivity index (χ1v) is 12.8. The number of amides is 1. The number of carbonyl (C=O) groups excluding carboxylic acids is 2. The van der Waals surface area contributed by atoms with E-state index in [4.69, 9.17) is 19.0 Å². The molecule has 0 saturated carbocycles. The van der Waals surface area contributed by atoms with Crippen LogP contribution < -0.4 is 9.47 Å². The number of ether oxygens (including phenoxy) is 3. The number of hydrogen-bond acceptors (Lipinski definition) is 5. The summed E-state index contributed by atoms with van der Waals surface area (Å²) < 4.78 is 141. The summed E-state index contributed by atoms with van der Waals surface area (Å²) in [5.41, 5.74) is -2.54. The Balaban J connectivity index is 0.000000517. The molecule has 0 aromatic heterocycles. The smallest absolute Gasteiger partial charge is 0.416 e. The predicted octanol–water partition coefficient (Wildman–Crippen LogP) is 8.06. The highest BCUT2D eigenvalue weighted by atomic mass is 19.4. The molecule has 0 spiro atoms. The first kappa shape index (κ1) is 39.7. The van der Waals surface area contributed by atoms with Crippen LogP contribution in [0.4, 0.5) is 43.9 Å². The summed E-state index contributed by atoms with van der Waals surface area (Å²) in [6, 6.07) is 7.60. The van der Waals surface area contributed by atoms with Gasteiger partial charge in [-0.15, -0.1) is 0 Å². The number of carbonyl (C=O) groups is 2. The molecule has 6 nitrogen and oxygen atoms in total. The zero-order valence-corrected chi connectivity index (χ0v) is 24.7. The van der Waals surface area contributed by atoms with E-state index in [1.807, 2.05) is 0 Å². The number of methoxy groups -OCH3 is 3. The molecule has 1 amide bonds. The molecule has 0 heterocycles. The first-order chi connectivity index (χ1) is 21.4. The van der Waals surface area contributed by atoms with E-state index >= 15 is 0 Å². The molecule has 16 heteroatoms. The molecule has 0 unspecified atom stereocenters. The van der Waals surface area contributed by atoms with Crippen molar-refractivity contribution in [1.82, 2.24) is 4.90 Å². The van der Waals surface area contributed by atoms with Gasteiger partial charge in [-0.25, -0.2) is 4.39 Å². The van der Waals surface area contributed by atoms with Gasteiger partial charge in [0.05, 0.1) is 37.5 Å². The fourth-order valence-corrected chi connectivity index (χ4v) is 3.70. The van der Waals surface area contributed by atoms with E-state index in [0.29, 0.717) is 29.7 Å². The van der Waals surface area contributed by atoms with Gasteiger partial charge in [-0.1, -0.05) is 12.1 Å². The van der Waals surface area contributed by atoms with Crippen molar-refractivity contribution in [2.24, 2.45) is 0 Å². The molecule has 0 radical (unpaired) electrons. The molecule has 3 aromatic rings. The summed E-state index contributed by atoms with van der Waals surface area (Å²) in [4.78, 5) is 21.5. The average Bonchev–Trinajstić information content (AvgIpc) is 2.98. The van der Waals surface area contributed by atoms with E-state index in [1.165, 1.54) is 45.3 Å². The standard InChI is InChI=1S/C20H21F4NO4.C8H4F6.C2H4O/c1-27-7-6-25(12-26)11-13-8-14(20(22,23)24)4-5-15(13)16-9-19(29-3)17(21)10-18(16)28-2;9-7(10,11)5-2-1-3-6(4-5)8(12,13)14;1-2-3/h4-5,8-10,12H,6-7,11H2,1-3H3;1-4H;2H,1H3. The Labute approximate surface area is 257 Å². The number of halogens is 10. The monoisotopic (exact) mass is 673 g/mol. The topological polar surface area (TPSA) is 65.1 Å². The Bertz CT molecular complexity index is 1390. The van der Waals surface area contributed by atoms with Crippen LogP contribution in [0.25, 0.3) is 11.1 Å². The first-order valence-electron chi connectivity index (χ1n) is 12.8. The molecule has 0 aliphatic rings. The van der Waals surface area contributed by atoms with Crippen molar-refractivity contribution in [2.75, 3.05) is 34.5 Å². The molecular formula is C30H29F10NO5. The summed E-state index contributed by atoms with van der Waals surface area (Å²) in [7, 11) is 4.06. The Morgan fingerprint density at radius 1 is 0.696 bits per heavy atom. The Kier molecular flexibility index (Phi) is 15.0.